The van der Waals surface area contributed by atoms with Crippen LogP contribution in [0.4, 0.5) is 11.4 Å². The van der Waals surface area contributed by atoms with Crippen LogP contribution in [0.1, 0.15) is 20.3 Å². The van der Waals surface area contributed by atoms with Gasteiger partial charge in [-0.3, -0.25) is 4.79 Å². The van der Waals surface area contributed by atoms with E-state index in [4.69, 9.17) is 10.5 Å². The average Bonchev–Trinajstić information content (AvgIpc) is 2.38. The molecule has 110 valence electrons. The predicted molar refractivity (Wildman–Crippen MR) is 81.0 cm³/mol. The first-order valence-electron chi connectivity index (χ1n) is 6.96. The Morgan fingerprint density at radius 2 is 2.00 bits per heavy atom. The minimum atomic E-state index is -0.502. The van der Waals surface area contributed by atoms with E-state index in [-0.39, 0.29) is 5.91 Å². The Morgan fingerprint density at radius 3 is 2.65 bits per heavy atom. The average molecular weight is 277 g/mol. The molecule has 0 radical (unpaired) electrons. The van der Waals surface area contributed by atoms with Gasteiger partial charge >= 0.3 is 0 Å². The first-order valence-corrected chi connectivity index (χ1v) is 6.96. The molecular formula is C15H23N3O2. The molecule has 0 spiro atoms. The second-order valence-electron chi connectivity index (χ2n) is 5.83. The van der Waals surface area contributed by atoms with E-state index < -0.39 is 5.54 Å². The molecule has 0 bridgehead atoms. The summed E-state index contributed by atoms with van der Waals surface area (Å²) in [5.74, 6) is -0.0572. The highest BCUT2D eigenvalue weighted by molar-refractivity contribution is 5.94. The highest BCUT2D eigenvalue weighted by Crippen LogP contribution is 2.26. The zero-order valence-corrected chi connectivity index (χ0v) is 12.2. The number of nitrogens with two attached hydrogens (primary N) is 1. The summed E-state index contributed by atoms with van der Waals surface area (Å²) in [6.45, 7) is 6.82. The quantitative estimate of drug-likeness (QED) is 0.877. The van der Waals surface area contributed by atoms with Gasteiger partial charge in [0.2, 0.25) is 5.91 Å². The molecule has 5 heteroatoms. The Bertz CT molecular complexity index is 462. The largest absolute Gasteiger partial charge is 0.378 e. The van der Waals surface area contributed by atoms with Gasteiger partial charge in [0.1, 0.15) is 0 Å². The fraction of sp³-hybridized carbons (Fsp3) is 0.533. The number of hydrogen-bond donors (Lipinski definition) is 2. The molecular weight excluding hydrogens is 254 g/mol. The Kier molecular flexibility index (Phi) is 4.62. The van der Waals surface area contributed by atoms with Gasteiger partial charge in [0.05, 0.1) is 24.6 Å². The van der Waals surface area contributed by atoms with Crippen LogP contribution in [0.3, 0.4) is 0 Å². The van der Waals surface area contributed by atoms with Crippen LogP contribution in [-0.4, -0.2) is 37.7 Å². The van der Waals surface area contributed by atoms with Crippen molar-refractivity contribution in [2.24, 2.45) is 5.73 Å². The Labute approximate surface area is 120 Å². The second kappa shape index (κ2) is 6.24. The van der Waals surface area contributed by atoms with Crippen LogP contribution in [-0.2, 0) is 9.53 Å². The van der Waals surface area contributed by atoms with Crippen molar-refractivity contribution in [1.82, 2.24) is 0 Å². The molecule has 1 amide bonds. The van der Waals surface area contributed by atoms with Crippen LogP contribution in [0.5, 0.6) is 0 Å². The van der Waals surface area contributed by atoms with Gasteiger partial charge in [0.25, 0.3) is 0 Å². The Balaban J connectivity index is 2.09. The van der Waals surface area contributed by atoms with Gasteiger partial charge in [0.15, 0.2) is 0 Å². The van der Waals surface area contributed by atoms with Crippen molar-refractivity contribution in [1.29, 1.82) is 0 Å². The van der Waals surface area contributed by atoms with Gasteiger partial charge in [0, 0.05) is 25.0 Å². The van der Waals surface area contributed by atoms with Gasteiger partial charge < -0.3 is 20.7 Å². The molecule has 0 atom stereocenters. The van der Waals surface area contributed by atoms with Crippen LogP contribution in [0.25, 0.3) is 0 Å². The highest BCUT2D eigenvalue weighted by atomic mass is 16.5. The maximum absolute atomic E-state index is 12.0. The summed E-state index contributed by atoms with van der Waals surface area (Å²) in [5, 5.41) is 2.96. The molecule has 5 nitrogen and oxygen atoms in total. The molecule has 2 rings (SSSR count). The van der Waals surface area contributed by atoms with Crippen molar-refractivity contribution in [2.45, 2.75) is 25.8 Å². The van der Waals surface area contributed by atoms with E-state index in [2.05, 4.69) is 10.2 Å². The number of carbonyl (C=O) groups is 1. The number of rotatable bonds is 4. The number of hydrogen-bond acceptors (Lipinski definition) is 4. The number of morpholine rings is 1. The van der Waals surface area contributed by atoms with E-state index in [0.29, 0.717) is 6.42 Å². The lowest BCUT2D eigenvalue weighted by atomic mass is 10.0. The summed E-state index contributed by atoms with van der Waals surface area (Å²) in [6.07, 6.45) is 0.296. The maximum atomic E-state index is 12.0. The number of anilines is 2. The van der Waals surface area contributed by atoms with Crippen LogP contribution >= 0.6 is 0 Å². The summed E-state index contributed by atoms with van der Waals surface area (Å²) in [5.41, 5.74) is 7.26. The second-order valence-corrected chi connectivity index (χ2v) is 5.83. The number of nitrogens with zero attached hydrogens (tertiary/aromatic N) is 1. The van der Waals surface area contributed by atoms with E-state index in [9.17, 15) is 4.79 Å². The van der Waals surface area contributed by atoms with Crippen LogP contribution < -0.4 is 16.0 Å². The van der Waals surface area contributed by atoms with Crippen LogP contribution in [0, 0.1) is 0 Å². The molecule has 0 aromatic heterocycles. The summed E-state index contributed by atoms with van der Waals surface area (Å²) < 4.78 is 5.36. The van der Waals surface area contributed by atoms with E-state index in [0.717, 1.165) is 37.7 Å². The third kappa shape index (κ3) is 4.21. The molecule has 1 aromatic carbocycles. The lowest BCUT2D eigenvalue weighted by Gasteiger charge is -2.30. The molecule has 0 aliphatic carbocycles. The number of carbonyl (C=O) groups excluding carboxylic acids is 1. The fourth-order valence-corrected chi connectivity index (χ4v) is 2.27. The van der Waals surface area contributed by atoms with E-state index in [1.165, 1.54) is 0 Å². The van der Waals surface area contributed by atoms with Gasteiger partial charge in [-0.15, -0.1) is 0 Å². The molecule has 0 saturated carbocycles. The van der Waals surface area contributed by atoms with Crippen molar-refractivity contribution in [3.63, 3.8) is 0 Å². The van der Waals surface area contributed by atoms with Crippen molar-refractivity contribution in [3.05, 3.63) is 24.3 Å². The number of benzene rings is 1. The number of para-hydroxylation sites is 2. The SMILES string of the molecule is CC(C)(N)CC(=O)Nc1ccccc1N1CCOCC1. The van der Waals surface area contributed by atoms with Crippen LogP contribution in [0.15, 0.2) is 24.3 Å². The predicted octanol–water partition coefficient (Wildman–Crippen LogP) is 1.59. The van der Waals surface area contributed by atoms with E-state index >= 15 is 0 Å². The van der Waals surface area contributed by atoms with Gasteiger partial charge in [-0.25, -0.2) is 0 Å². The minimum Gasteiger partial charge on any atom is -0.378 e. The topological polar surface area (TPSA) is 67.6 Å². The number of ether oxygens (including phenoxy) is 1. The Morgan fingerprint density at radius 1 is 1.35 bits per heavy atom. The monoisotopic (exact) mass is 277 g/mol. The first kappa shape index (κ1) is 14.8. The van der Waals surface area contributed by atoms with Crippen LogP contribution in [0.2, 0.25) is 0 Å². The van der Waals surface area contributed by atoms with Crippen molar-refractivity contribution < 1.29 is 9.53 Å². The molecule has 0 unspecified atom stereocenters. The summed E-state index contributed by atoms with van der Waals surface area (Å²) >= 11 is 0. The first-order chi connectivity index (χ1) is 9.46. The molecule has 3 N–H and O–H groups in total. The fourth-order valence-electron chi connectivity index (χ4n) is 2.27. The lowest BCUT2D eigenvalue weighted by Crippen LogP contribution is -2.38. The molecule has 1 aliphatic rings. The van der Waals surface area contributed by atoms with Gasteiger partial charge in [-0.2, -0.15) is 0 Å². The Hall–Kier alpha value is -1.59. The number of nitrogens with one attached hydrogen (secondary N) is 1. The zero-order valence-electron chi connectivity index (χ0n) is 12.2. The van der Waals surface area contributed by atoms with E-state index in [1.807, 2.05) is 38.1 Å². The van der Waals surface area contributed by atoms with Crippen molar-refractivity contribution >= 4 is 17.3 Å². The molecule has 1 aliphatic heterocycles. The standard InChI is InChI=1S/C15H23N3O2/c1-15(2,16)11-14(19)17-12-5-3-4-6-13(12)18-7-9-20-10-8-18/h3-6H,7-11,16H2,1-2H3,(H,17,19). The van der Waals surface area contributed by atoms with Crippen molar-refractivity contribution in [3.8, 4) is 0 Å². The normalized spacial score (nSPS) is 16.1. The van der Waals surface area contributed by atoms with Gasteiger partial charge in [-0.05, 0) is 26.0 Å². The molecule has 1 fully saturated rings. The summed E-state index contributed by atoms with van der Waals surface area (Å²) in [6, 6.07) is 7.85. The summed E-state index contributed by atoms with van der Waals surface area (Å²) in [7, 11) is 0. The summed E-state index contributed by atoms with van der Waals surface area (Å²) in [4.78, 5) is 14.3. The third-order valence-electron chi connectivity index (χ3n) is 3.15. The highest BCUT2D eigenvalue weighted by Gasteiger charge is 2.19. The molecule has 20 heavy (non-hydrogen) atoms. The molecule has 1 heterocycles. The van der Waals surface area contributed by atoms with Gasteiger partial charge in [-0.1, -0.05) is 12.1 Å². The molecule has 1 aromatic rings. The zero-order chi connectivity index (χ0) is 14.6. The van der Waals surface area contributed by atoms with E-state index in [1.54, 1.807) is 0 Å². The number of amides is 1. The molecule has 1 saturated heterocycles. The minimum absolute atomic E-state index is 0.0572. The maximum Gasteiger partial charge on any atom is 0.226 e. The van der Waals surface area contributed by atoms with Crippen molar-refractivity contribution in [2.75, 3.05) is 36.5 Å². The lowest BCUT2D eigenvalue weighted by molar-refractivity contribution is -0.117. The third-order valence-corrected chi connectivity index (χ3v) is 3.15. The smallest absolute Gasteiger partial charge is 0.226 e.